The van der Waals surface area contributed by atoms with Gasteiger partial charge in [-0.25, -0.2) is 0 Å². The molecular formula is C18H26N2O3. The summed E-state index contributed by atoms with van der Waals surface area (Å²) < 4.78 is 10.7. The van der Waals surface area contributed by atoms with Gasteiger partial charge < -0.3 is 19.7 Å². The number of methoxy groups -OCH3 is 1. The van der Waals surface area contributed by atoms with Gasteiger partial charge in [-0.3, -0.25) is 4.79 Å². The van der Waals surface area contributed by atoms with Gasteiger partial charge in [-0.15, -0.1) is 0 Å². The predicted octanol–water partition coefficient (Wildman–Crippen LogP) is 1.93. The first-order valence-electron chi connectivity index (χ1n) is 8.45. The molecule has 0 aliphatic carbocycles. The van der Waals surface area contributed by atoms with Crippen LogP contribution in [0.5, 0.6) is 5.75 Å². The zero-order valence-corrected chi connectivity index (χ0v) is 13.8. The van der Waals surface area contributed by atoms with E-state index < -0.39 is 0 Å². The molecule has 0 saturated carbocycles. The first kappa shape index (κ1) is 16.3. The molecular weight excluding hydrogens is 292 g/mol. The van der Waals surface area contributed by atoms with Crippen molar-refractivity contribution < 1.29 is 14.3 Å². The maximum atomic E-state index is 12.9. The molecule has 1 aromatic rings. The molecule has 0 unspecified atom stereocenters. The summed E-state index contributed by atoms with van der Waals surface area (Å²) in [5.41, 5.74) is 1.08. The minimum absolute atomic E-state index is 0.0822. The lowest BCUT2D eigenvalue weighted by atomic mass is 9.78. The molecule has 3 rings (SSSR count). The lowest BCUT2D eigenvalue weighted by Crippen LogP contribution is -2.44. The van der Waals surface area contributed by atoms with Gasteiger partial charge in [-0.2, -0.15) is 0 Å². The predicted molar refractivity (Wildman–Crippen MR) is 88.9 cm³/mol. The number of carbonyl (C=O) groups excluding carboxylic acids is 1. The number of rotatable bonds is 5. The van der Waals surface area contributed by atoms with Crippen molar-refractivity contribution >= 4 is 5.91 Å². The van der Waals surface area contributed by atoms with E-state index >= 15 is 0 Å². The zero-order valence-electron chi connectivity index (χ0n) is 13.8. The highest BCUT2D eigenvalue weighted by molar-refractivity contribution is 5.97. The highest BCUT2D eigenvalue weighted by atomic mass is 16.5. The van der Waals surface area contributed by atoms with E-state index in [1.54, 1.807) is 7.11 Å². The third-order valence-electron chi connectivity index (χ3n) is 5.11. The van der Waals surface area contributed by atoms with Gasteiger partial charge in [-0.1, -0.05) is 12.1 Å². The molecule has 0 atom stereocenters. The first-order valence-corrected chi connectivity index (χ1v) is 8.45. The zero-order chi connectivity index (χ0) is 16.1. The van der Waals surface area contributed by atoms with E-state index in [1.165, 1.54) is 6.42 Å². The summed E-state index contributed by atoms with van der Waals surface area (Å²) in [5.74, 6) is 0.733. The van der Waals surface area contributed by atoms with Crippen molar-refractivity contribution in [3.63, 3.8) is 0 Å². The smallest absolute Gasteiger partial charge is 0.257 e. The Morgan fingerprint density at radius 3 is 2.70 bits per heavy atom. The second-order valence-electron chi connectivity index (χ2n) is 6.56. The number of piperidine rings is 1. The van der Waals surface area contributed by atoms with Crippen LogP contribution in [0, 0.1) is 5.41 Å². The highest BCUT2D eigenvalue weighted by Crippen LogP contribution is 2.37. The van der Waals surface area contributed by atoms with E-state index in [-0.39, 0.29) is 5.91 Å². The lowest BCUT2D eigenvalue weighted by Gasteiger charge is -2.39. The Morgan fingerprint density at radius 2 is 2.00 bits per heavy atom. The second kappa shape index (κ2) is 7.32. The SMILES string of the molecule is COCCOc1ccccc1C(=O)N1CCC2(CCNC2)CC1. The fraction of sp³-hybridized carbons (Fsp3) is 0.611. The van der Waals surface area contributed by atoms with Crippen LogP contribution in [0.4, 0.5) is 0 Å². The molecule has 1 N–H and O–H groups in total. The maximum Gasteiger partial charge on any atom is 0.257 e. The Labute approximate surface area is 137 Å². The van der Waals surface area contributed by atoms with Gasteiger partial charge in [-0.05, 0) is 43.4 Å². The number of likely N-dealkylation sites (tertiary alicyclic amines) is 1. The van der Waals surface area contributed by atoms with Crippen molar-refractivity contribution in [1.82, 2.24) is 10.2 Å². The maximum absolute atomic E-state index is 12.9. The Balaban J connectivity index is 1.64. The fourth-order valence-corrected chi connectivity index (χ4v) is 3.58. The monoisotopic (exact) mass is 318 g/mol. The number of benzene rings is 1. The van der Waals surface area contributed by atoms with E-state index in [4.69, 9.17) is 9.47 Å². The summed E-state index contributed by atoms with van der Waals surface area (Å²) in [4.78, 5) is 14.8. The quantitative estimate of drug-likeness (QED) is 0.843. The lowest BCUT2D eigenvalue weighted by molar-refractivity contribution is 0.0601. The van der Waals surface area contributed by atoms with Crippen LogP contribution in [0.2, 0.25) is 0 Å². The number of ether oxygens (including phenoxy) is 2. The summed E-state index contributed by atoms with van der Waals surface area (Å²) in [7, 11) is 1.64. The van der Waals surface area contributed by atoms with Gasteiger partial charge in [0.05, 0.1) is 12.2 Å². The van der Waals surface area contributed by atoms with E-state index in [2.05, 4.69) is 5.32 Å². The van der Waals surface area contributed by atoms with E-state index in [9.17, 15) is 4.79 Å². The Kier molecular flexibility index (Phi) is 5.18. The minimum atomic E-state index is 0.0822. The molecule has 2 fully saturated rings. The van der Waals surface area contributed by atoms with Gasteiger partial charge in [0.25, 0.3) is 5.91 Å². The molecule has 0 aromatic heterocycles. The van der Waals surface area contributed by atoms with Crippen LogP contribution in [-0.4, -0.2) is 57.3 Å². The number of nitrogens with zero attached hydrogens (tertiary/aromatic N) is 1. The van der Waals surface area contributed by atoms with Crippen molar-refractivity contribution in [2.45, 2.75) is 19.3 Å². The molecule has 0 radical (unpaired) electrons. The van der Waals surface area contributed by atoms with Crippen LogP contribution in [0.15, 0.2) is 24.3 Å². The van der Waals surface area contributed by atoms with Crippen molar-refractivity contribution in [2.24, 2.45) is 5.41 Å². The summed E-state index contributed by atoms with van der Waals surface area (Å²) in [6, 6.07) is 7.50. The number of para-hydroxylation sites is 1. The standard InChI is InChI=1S/C18H26N2O3/c1-22-12-13-23-16-5-3-2-4-15(16)17(21)20-10-7-18(8-11-20)6-9-19-14-18/h2-5,19H,6-14H2,1H3. The van der Waals surface area contributed by atoms with Crippen molar-refractivity contribution in [1.29, 1.82) is 0 Å². The van der Waals surface area contributed by atoms with Gasteiger partial charge in [0, 0.05) is 26.7 Å². The second-order valence-corrected chi connectivity index (χ2v) is 6.56. The number of nitrogens with one attached hydrogen (secondary N) is 1. The molecule has 5 nitrogen and oxygen atoms in total. The summed E-state index contributed by atoms with van der Waals surface area (Å²) in [5, 5.41) is 3.46. The normalized spacial score (nSPS) is 20.0. The number of amides is 1. The first-order chi connectivity index (χ1) is 11.2. The van der Waals surface area contributed by atoms with Crippen LogP contribution in [-0.2, 0) is 4.74 Å². The topological polar surface area (TPSA) is 50.8 Å². The molecule has 2 heterocycles. The van der Waals surface area contributed by atoms with Gasteiger partial charge in [0.1, 0.15) is 12.4 Å². The van der Waals surface area contributed by atoms with Crippen molar-refractivity contribution in [2.75, 3.05) is 46.5 Å². The van der Waals surface area contributed by atoms with Crippen LogP contribution in [0.1, 0.15) is 29.6 Å². The molecule has 0 bridgehead atoms. The molecule has 1 aromatic carbocycles. The summed E-state index contributed by atoms with van der Waals surface area (Å²) in [6.45, 7) is 4.87. The number of hydrogen-bond acceptors (Lipinski definition) is 4. The molecule has 23 heavy (non-hydrogen) atoms. The van der Waals surface area contributed by atoms with Crippen LogP contribution >= 0.6 is 0 Å². The molecule has 1 spiro atoms. The van der Waals surface area contributed by atoms with Crippen molar-refractivity contribution in [3.05, 3.63) is 29.8 Å². The third-order valence-corrected chi connectivity index (χ3v) is 5.11. The van der Waals surface area contributed by atoms with Crippen molar-refractivity contribution in [3.8, 4) is 5.75 Å². The third kappa shape index (κ3) is 3.67. The van der Waals surface area contributed by atoms with Crippen LogP contribution in [0.25, 0.3) is 0 Å². The summed E-state index contributed by atoms with van der Waals surface area (Å²) >= 11 is 0. The Morgan fingerprint density at radius 1 is 1.22 bits per heavy atom. The average Bonchev–Trinajstić information content (AvgIpc) is 3.04. The largest absolute Gasteiger partial charge is 0.490 e. The molecule has 5 heteroatoms. The van der Waals surface area contributed by atoms with Crippen LogP contribution in [0.3, 0.4) is 0 Å². The molecule has 126 valence electrons. The van der Waals surface area contributed by atoms with E-state index in [0.29, 0.717) is 29.9 Å². The Hall–Kier alpha value is -1.59. The average molecular weight is 318 g/mol. The van der Waals surface area contributed by atoms with E-state index in [1.807, 2.05) is 29.2 Å². The molecule has 2 aliphatic rings. The number of carbonyl (C=O) groups is 1. The summed E-state index contributed by atoms with van der Waals surface area (Å²) in [6.07, 6.45) is 3.43. The Bertz CT molecular complexity index is 531. The van der Waals surface area contributed by atoms with E-state index in [0.717, 1.165) is 39.0 Å². The molecule has 1 amide bonds. The van der Waals surface area contributed by atoms with Gasteiger partial charge in [0.2, 0.25) is 0 Å². The van der Waals surface area contributed by atoms with Gasteiger partial charge >= 0.3 is 0 Å². The van der Waals surface area contributed by atoms with Crippen LogP contribution < -0.4 is 10.1 Å². The minimum Gasteiger partial charge on any atom is -0.490 e. The highest BCUT2D eigenvalue weighted by Gasteiger charge is 2.38. The molecule has 2 saturated heterocycles. The molecule has 2 aliphatic heterocycles. The fourth-order valence-electron chi connectivity index (χ4n) is 3.58. The van der Waals surface area contributed by atoms with Gasteiger partial charge in [0.15, 0.2) is 0 Å². The number of hydrogen-bond donors (Lipinski definition) is 1.